The summed E-state index contributed by atoms with van der Waals surface area (Å²) in [7, 11) is 0. The Hall–Kier alpha value is -2.68. The Labute approximate surface area is 154 Å². The van der Waals surface area contributed by atoms with Gasteiger partial charge in [-0.25, -0.2) is 0 Å². The van der Waals surface area contributed by atoms with Crippen LogP contribution in [0.5, 0.6) is 0 Å². The third-order valence-corrected chi connectivity index (χ3v) is 4.79. The first-order chi connectivity index (χ1) is 12.4. The van der Waals surface area contributed by atoms with Crippen LogP contribution in [0.25, 0.3) is 10.8 Å². The molecule has 3 heteroatoms. The number of aliphatic hydroxyl groups excluding tert-OH is 1. The fourth-order valence-corrected chi connectivity index (χ4v) is 3.64. The van der Waals surface area contributed by atoms with Gasteiger partial charge in [-0.1, -0.05) is 62.4 Å². The number of ketones is 1. The molecule has 134 valence electrons. The van der Waals surface area contributed by atoms with Gasteiger partial charge >= 0.3 is 0 Å². The van der Waals surface area contributed by atoms with E-state index in [0.29, 0.717) is 37.1 Å². The molecule has 26 heavy (non-hydrogen) atoms. The lowest BCUT2D eigenvalue weighted by molar-refractivity contribution is -0.117. The van der Waals surface area contributed by atoms with Crippen LogP contribution in [0.3, 0.4) is 0 Å². The van der Waals surface area contributed by atoms with Crippen LogP contribution >= 0.6 is 0 Å². The van der Waals surface area contributed by atoms with E-state index in [1.54, 1.807) is 6.08 Å². The van der Waals surface area contributed by atoms with Crippen molar-refractivity contribution < 1.29 is 9.90 Å². The van der Waals surface area contributed by atoms with E-state index in [1.807, 2.05) is 42.5 Å². The van der Waals surface area contributed by atoms with Crippen LogP contribution in [-0.2, 0) is 11.2 Å². The number of hydrogen-bond donors (Lipinski definition) is 1. The van der Waals surface area contributed by atoms with E-state index in [-0.39, 0.29) is 17.0 Å². The van der Waals surface area contributed by atoms with Gasteiger partial charge < -0.3 is 5.11 Å². The quantitative estimate of drug-likeness (QED) is 0.469. The second-order valence-corrected chi connectivity index (χ2v) is 7.65. The highest BCUT2D eigenvalue weighted by Gasteiger charge is 2.36. The van der Waals surface area contributed by atoms with E-state index in [2.05, 4.69) is 25.4 Å². The van der Waals surface area contributed by atoms with E-state index < -0.39 is 0 Å². The fourth-order valence-electron chi connectivity index (χ4n) is 3.64. The van der Waals surface area contributed by atoms with Crippen LogP contribution in [0.4, 0.5) is 0 Å². The van der Waals surface area contributed by atoms with Crippen molar-refractivity contribution in [2.45, 2.75) is 33.1 Å². The van der Waals surface area contributed by atoms with Gasteiger partial charge in [0.25, 0.3) is 0 Å². The molecule has 0 aromatic heterocycles. The Morgan fingerprint density at radius 1 is 1.19 bits per heavy atom. The Balaban J connectivity index is 2.03. The molecule has 0 radical (unpaired) electrons. The molecule has 0 bridgehead atoms. The topological polar surface area (TPSA) is 49.7 Å². The normalized spacial score (nSPS) is 20.4. The van der Waals surface area contributed by atoms with Gasteiger partial charge in [0.15, 0.2) is 5.78 Å². The molecule has 2 aromatic carbocycles. The Bertz CT molecular complexity index is 913. The van der Waals surface area contributed by atoms with Crippen LogP contribution in [-0.4, -0.2) is 23.1 Å². The number of rotatable bonds is 4. The molecule has 0 spiro atoms. The van der Waals surface area contributed by atoms with Crippen molar-refractivity contribution in [3.05, 3.63) is 72.0 Å². The first-order valence-corrected chi connectivity index (χ1v) is 8.98. The number of carbonyl (C=O) groups excluding carboxylic acids is 1. The van der Waals surface area contributed by atoms with Gasteiger partial charge in [0.2, 0.25) is 0 Å². The maximum Gasteiger partial charge on any atom is 0.168 e. The predicted octanol–water partition coefficient (Wildman–Crippen LogP) is 5.21. The number of Topliss-reactive ketones (excluding diaryl/α,β-unsaturated/α-hetero) is 1. The van der Waals surface area contributed by atoms with Crippen LogP contribution in [0.15, 0.2) is 71.4 Å². The summed E-state index contributed by atoms with van der Waals surface area (Å²) in [5.74, 6) is 0.0893. The molecule has 0 amide bonds. The zero-order valence-electron chi connectivity index (χ0n) is 15.5. The summed E-state index contributed by atoms with van der Waals surface area (Å²) < 4.78 is 0. The number of benzene rings is 2. The molecule has 2 aromatic rings. The van der Waals surface area contributed by atoms with Gasteiger partial charge in [-0.15, -0.1) is 6.58 Å². The zero-order valence-corrected chi connectivity index (χ0v) is 15.5. The first-order valence-electron chi connectivity index (χ1n) is 8.98. The van der Waals surface area contributed by atoms with Crippen molar-refractivity contribution in [3.63, 3.8) is 0 Å². The number of hydrogen-bond acceptors (Lipinski definition) is 3. The fraction of sp³-hybridized carbons (Fsp3) is 0.304. The molecule has 0 saturated heterocycles. The van der Waals surface area contributed by atoms with Gasteiger partial charge in [-0.3, -0.25) is 9.79 Å². The van der Waals surface area contributed by atoms with E-state index in [1.165, 1.54) is 0 Å². The highest BCUT2D eigenvalue weighted by atomic mass is 16.3. The van der Waals surface area contributed by atoms with E-state index in [9.17, 15) is 9.90 Å². The Kier molecular flexibility index (Phi) is 5.08. The minimum atomic E-state index is -0.139. The van der Waals surface area contributed by atoms with Crippen molar-refractivity contribution in [3.8, 4) is 0 Å². The molecule has 1 aliphatic carbocycles. The summed E-state index contributed by atoms with van der Waals surface area (Å²) in [5.41, 5.74) is 1.97. The number of aliphatic imine (C=N–C) groups is 1. The third kappa shape index (κ3) is 3.77. The minimum absolute atomic E-state index is 0.0261. The van der Waals surface area contributed by atoms with Crippen LogP contribution in [0.2, 0.25) is 0 Å². The number of aliphatic hydroxyl groups is 1. The van der Waals surface area contributed by atoms with Crippen LogP contribution in [0, 0.1) is 5.41 Å². The highest BCUT2D eigenvalue weighted by molar-refractivity contribution is 6.24. The van der Waals surface area contributed by atoms with Crippen molar-refractivity contribution in [1.29, 1.82) is 0 Å². The lowest BCUT2D eigenvalue weighted by Gasteiger charge is -2.31. The van der Waals surface area contributed by atoms with E-state index >= 15 is 0 Å². The molecule has 3 nitrogen and oxygen atoms in total. The van der Waals surface area contributed by atoms with Crippen LogP contribution in [0.1, 0.15) is 32.3 Å². The molecule has 0 atom stereocenters. The summed E-state index contributed by atoms with van der Waals surface area (Å²) in [6.45, 7) is 8.27. The molecule has 1 saturated carbocycles. The van der Waals surface area contributed by atoms with E-state index in [0.717, 1.165) is 16.3 Å². The minimum Gasteiger partial charge on any atom is -0.511 e. The van der Waals surface area contributed by atoms with Gasteiger partial charge in [-0.05, 0) is 28.2 Å². The lowest BCUT2D eigenvalue weighted by Crippen LogP contribution is -2.33. The second kappa shape index (κ2) is 7.28. The molecule has 3 rings (SSSR count). The first kappa shape index (κ1) is 18.1. The van der Waals surface area contributed by atoms with Gasteiger partial charge in [0.05, 0.1) is 12.1 Å². The lowest BCUT2D eigenvalue weighted by atomic mass is 9.73. The van der Waals surface area contributed by atoms with Crippen molar-refractivity contribution >= 4 is 22.3 Å². The maximum atomic E-state index is 12.8. The third-order valence-electron chi connectivity index (χ3n) is 4.79. The van der Waals surface area contributed by atoms with Crippen molar-refractivity contribution in [1.82, 2.24) is 0 Å². The summed E-state index contributed by atoms with van der Waals surface area (Å²) >= 11 is 0. The predicted molar refractivity (Wildman–Crippen MR) is 108 cm³/mol. The summed E-state index contributed by atoms with van der Waals surface area (Å²) in [6.07, 6.45) is 3.14. The number of nitrogens with zero attached hydrogens (tertiary/aromatic N) is 1. The molecule has 1 N–H and O–H groups in total. The zero-order chi connectivity index (χ0) is 18.7. The molecule has 0 aliphatic heterocycles. The average molecular weight is 347 g/mol. The van der Waals surface area contributed by atoms with Gasteiger partial charge in [0, 0.05) is 18.6 Å². The molecular weight excluding hydrogens is 322 g/mol. The Morgan fingerprint density at radius 2 is 1.92 bits per heavy atom. The SMILES string of the molecule is C=CCN=C1CC(C)(C)CC(=O)C1=C(O)Cc1cccc2ccccc12. The second-order valence-electron chi connectivity index (χ2n) is 7.65. The molecule has 1 fully saturated rings. The van der Waals surface area contributed by atoms with Gasteiger partial charge in [-0.2, -0.15) is 0 Å². The number of fused-ring (bicyclic) bond motifs is 1. The Morgan fingerprint density at radius 3 is 2.69 bits per heavy atom. The summed E-state index contributed by atoms with van der Waals surface area (Å²) in [6, 6.07) is 14.1. The van der Waals surface area contributed by atoms with E-state index in [4.69, 9.17) is 0 Å². The standard InChI is InChI=1S/C23H25NO2/c1-4-12-24-19-14-23(2,3)15-21(26)22(19)20(25)13-17-10-7-9-16-8-5-6-11-18(16)17/h4-11,25H,1,12-15H2,2-3H3. The number of carbonyl (C=O) groups is 1. The molecule has 1 aliphatic rings. The van der Waals surface area contributed by atoms with Gasteiger partial charge in [0.1, 0.15) is 5.76 Å². The largest absolute Gasteiger partial charge is 0.511 e. The highest BCUT2D eigenvalue weighted by Crippen LogP contribution is 2.36. The maximum absolute atomic E-state index is 12.8. The molecular formula is C23H25NO2. The number of allylic oxidation sites excluding steroid dienone is 2. The van der Waals surface area contributed by atoms with Crippen LogP contribution < -0.4 is 0 Å². The monoisotopic (exact) mass is 347 g/mol. The smallest absolute Gasteiger partial charge is 0.168 e. The summed E-state index contributed by atoms with van der Waals surface area (Å²) in [5, 5.41) is 13.1. The van der Waals surface area contributed by atoms with Crippen molar-refractivity contribution in [2.75, 3.05) is 6.54 Å². The summed E-state index contributed by atoms with van der Waals surface area (Å²) in [4.78, 5) is 17.3. The molecule has 0 heterocycles. The molecule has 0 unspecified atom stereocenters. The van der Waals surface area contributed by atoms with Crippen molar-refractivity contribution in [2.24, 2.45) is 10.4 Å². The average Bonchev–Trinajstić information content (AvgIpc) is 2.58.